The minimum absolute atomic E-state index is 0.354. The molecule has 0 radical (unpaired) electrons. The van der Waals surface area contributed by atoms with Crippen LogP contribution in [0.1, 0.15) is 29.2 Å². The van der Waals surface area contributed by atoms with Crippen LogP contribution in [0.5, 0.6) is 5.75 Å². The lowest BCUT2D eigenvalue weighted by molar-refractivity contribution is 0.556. The van der Waals surface area contributed by atoms with E-state index in [1.165, 1.54) is 33.0 Å². The summed E-state index contributed by atoms with van der Waals surface area (Å²) in [4.78, 5) is 0. The summed E-state index contributed by atoms with van der Waals surface area (Å²) in [5.74, 6) is 1.05. The van der Waals surface area contributed by atoms with E-state index < -0.39 is 9.04 Å². The number of benzene rings is 4. The Balaban J connectivity index is 1.71. The van der Waals surface area contributed by atoms with Gasteiger partial charge in [0.2, 0.25) is 0 Å². The normalized spacial score (nSPS) is 12.9. The van der Waals surface area contributed by atoms with E-state index >= 15 is 0 Å². The van der Waals surface area contributed by atoms with Gasteiger partial charge in [0.05, 0.1) is 0 Å². The summed E-state index contributed by atoms with van der Waals surface area (Å²) in [6.45, 7) is 6.59. The van der Waals surface area contributed by atoms with Crippen molar-refractivity contribution in [3.63, 3.8) is 0 Å². The molecule has 0 bridgehead atoms. The Labute approximate surface area is 181 Å². The molecule has 4 rings (SSSR count). The van der Waals surface area contributed by atoms with Gasteiger partial charge in [-0.3, -0.25) is 0 Å². The average Bonchev–Trinajstić information content (AvgIpc) is 2.80. The predicted octanol–water partition coefficient (Wildman–Crippen LogP) is 6.32. The van der Waals surface area contributed by atoms with Crippen molar-refractivity contribution < 1.29 is 4.43 Å². The molecule has 30 heavy (non-hydrogen) atoms. The quantitative estimate of drug-likeness (QED) is 0.339. The fourth-order valence-corrected chi connectivity index (χ4v) is 6.68. The standard InChI is InChI=1S/C28H28OSi/c1-21-11-10-12-22(2)28(21)29-30(23(3)24-13-6-4-7-14-24)27-19-17-26(18-20-27)25-15-8-5-9-16-25/h4-20,23,30H,1-3H3/t23-,30-/m0/s1. The molecule has 0 saturated carbocycles. The number of para-hydroxylation sites is 1. The minimum atomic E-state index is -1.81. The summed E-state index contributed by atoms with van der Waals surface area (Å²) < 4.78 is 6.86. The predicted molar refractivity (Wildman–Crippen MR) is 130 cm³/mol. The first-order valence-corrected chi connectivity index (χ1v) is 12.3. The topological polar surface area (TPSA) is 9.23 Å². The second kappa shape index (κ2) is 9.14. The summed E-state index contributed by atoms with van der Waals surface area (Å²) in [5.41, 5.74) is 6.59. The van der Waals surface area contributed by atoms with Gasteiger partial charge >= 0.3 is 0 Å². The van der Waals surface area contributed by atoms with Gasteiger partial charge in [-0.25, -0.2) is 0 Å². The lowest BCUT2D eigenvalue weighted by Gasteiger charge is -2.26. The summed E-state index contributed by atoms with van der Waals surface area (Å²) in [6, 6.07) is 36.7. The van der Waals surface area contributed by atoms with Crippen molar-refractivity contribution in [3.8, 4) is 16.9 Å². The van der Waals surface area contributed by atoms with Crippen LogP contribution in [0, 0.1) is 13.8 Å². The SMILES string of the molecule is Cc1cccc(C)c1O[Si@H](c1ccc(-c2ccccc2)cc1)[C@@H](C)c1ccccc1. The zero-order chi connectivity index (χ0) is 20.9. The van der Waals surface area contributed by atoms with E-state index in [0.29, 0.717) is 5.54 Å². The van der Waals surface area contributed by atoms with Crippen molar-refractivity contribution in [2.75, 3.05) is 0 Å². The first-order valence-electron chi connectivity index (χ1n) is 10.6. The molecule has 0 unspecified atom stereocenters. The van der Waals surface area contributed by atoms with E-state index in [-0.39, 0.29) is 0 Å². The molecule has 0 spiro atoms. The van der Waals surface area contributed by atoms with Crippen LogP contribution in [-0.4, -0.2) is 9.04 Å². The number of aryl methyl sites for hydroxylation is 2. The molecular weight excluding hydrogens is 380 g/mol. The van der Waals surface area contributed by atoms with Gasteiger partial charge in [0.1, 0.15) is 5.75 Å². The highest BCUT2D eigenvalue weighted by atomic mass is 28.3. The average molecular weight is 409 g/mol. The first kappa shape index (κ1) is 20.2. The lowest BCUT2D eigenvalue weighted by atomic mass is 10.1. The molecule has 0 heterocycles. The molecule has 2 atom stereocenters. The van der Waals surface area contributed by atoms with Crippen LogP contribution in [0.25, 0.3) is 11.1 Å². The van der Waals surface area contributed by atoms with Crippen LogP contribution in [0.15, 0.2) is 103 Å². The van der Waals surface area contributed by atoms with Crippen molar-refractivity contribution in [3.05, 3.63) is 120 Å². The number of hydrogen-bond donors (Lipinski definition) is 0. The molecular formula is C28H28OSi. The largest absolute Gasteiger partial charge is 0.541 e. The lowest BCUT2D eigenvalue weighted by Crippen LogP contribution is -2.42. The molecule has 150 valence electrons. The fourth-order valence-electron chi connectivity index (χ4n) is 4.00. The summed E-state index contributed by atoms with van der Waals surface area (Å²) in [7, 11) is -1.81. The van der Waals surface area contributed by atoms with Crippen molar-refractivity contribution in [2.45, 2.75) is 26.3 Å². The van der Waals surface area contributed by atoms with Crippen molar-refractivity contribution in [1.82, 2.24) is 0 Å². The van der Waals surface area contributed by atoms with Crippen molar-refractivity contribution in [2.24, 2.45) is 0 Å². The maximum absolute atomic E-state index is 6.86. The molecule has 1 nitrogen and oxygen atoms in total. The minimum Gasteiger partial charge on any atom is -0.541 e. The highest BCUT2D eigenvalue weighted by molar-refractivity contribution is 6.69. The smallest absolute Gasteiger partial charge is 0.274 e. The van der Waals surface area contributed by atoms with Gasteiger partial charge in [-0.1, -0.05) is 110 Å². The molecule has 0 aromatic heterocycles. The maximum Gasteiger partial charge on any atom is 0.274 e. The highest BCUT2D eigenvalue weighted by Crippen LogP contribution is 2.27. The Kier molecular flexibility index (Phi) is 6.15. The second-order valence-corrected chi connectivity index (χ2v) is 10.7. The van der Waals surface area contributed by atoms with E-state index in [1.54, 1.807) is 0 Å². The van der Waals surface area contributed by atoms with Crippen molar-refractivity contribution >= 4 is 14.2 Å². The van der Waals surface area contributed by atoms with Crippen molar-refractivity contribution in [1.29, 1.82) is 0 Å². The third-order valence-corrected chi connectivity index (χ3v) is 8.60. The van der Waals surface area contributed by atoms with Gasteiger partial charge in [0.15, 0.2) is 0 Å². The Morgan fingerprint density at radius 3 is 1.73 bits per heavy atom. The van der Waals surface area contributed by atoms with E-state index in [4.69, 9.17) is 4.43 Å². The summed E-state index contributed by atoms with van der Waals surface area (Å²) >= 11 is 0. The van der Waals surface area contributed by atoms with Crippen LogP contribution < -0.4 is 9.61 Å². The van der Waals surface area contributed by atoms with E-state index in [2.05, 4.69) is 124 Å². The van der Waals surface area contributed by atoms with Crippen LogP contribution >= 0.6 is 0 Å². The molecule has 2 heteroatoms. The Hall–Kier alpha value is -3.10. The zero-order valence-electron chi connectivity index (χ0n) is 17.9. The van der Waals surface area contributed by atoms with Crippen LogP contribution in [0.4, 0.5) is 0 Å². The monoisotopic (exact) mass is 408 g/mol. The van der Waals surface area contributed by atoms with E-state index in [9.17, 15) is 0 Å². The molecule has 0 amide bonds. The van der Waals surface area contributed by atoms with Crippen LogP contribution in [0.2, 0.25) is 0 Å². The highest BCUT2D eigenvalue weighted by Gasteiger charge is 2.27. The fraction of sp³-hybridized carbons (Fsp3) is 0.143. The van der Waals surface area contributed by atoms with Gasteiger partial charge in [-0.15, -0.1) is 0 Å². The van der Waals surface area contributed by atoms with Gasteiger partial charge in [0, 0.05) is 5.54 Å². The summed E-state index contributed by atoms with van der Waals surface area (Å²) in [6.07, 6.45) is 0. The Morgan fingerprint density at radius 2 is 1.13 bits per heavy atom. The molecule has 0 aliphatic carbocycles. The molecule has 0 N–H and O–H groups in total. The Bertz CT molecular complexity index is 1070. The van der Waals surface area contributed by atoms with Gasteiger partial charge in [0.25, 0.3) is 9.04 Å². The Morgan fingerprint density at radius 1 is 0.600 bits per heavy atom. The summed E-state index contributed by atoms with van der Waals surface area (Å²) in [5, 5.41) is 1.33. The maximum atomic E-state index is 6.86. The van der Waals surface area contributed by atoms with E-state index in [1.807, 2.05) is 0 Å². The third kappa shape index (κ3) is 4.39. The van der Waals surface area contributed by atoms with E-state index in [0.717, 1.165) is 5.75 Å². The zero-order valence-corrected chi connectivity index (χ0v) is 19.0. The molecule has 0 fully saturated rings. The van der Waals surface area contributed by atoms with Gasteiger partial charge in [-0.05, 0) is 46.9 Å². The van der Waals surface area contributed by atoms with Crippen LogP contribution in [-0.2, 0) is 0 Å². The molecule has 0 aliphatic rings. The second-order valence-electron chi connectivity index (χ2n) is 7.95. The van der Waals surface area contributed by atoms with Crippen LogP contribution in [0.3, 0.4) is 0 Å². The number of rotatable bonds is 6. The molecule has 0 saturated heterocycles. The number of hydrogen-bond acceptors (Lipinski definition) is 1. The van der Waals surface area contributed by atoms with Gasteiger partial charge < -0.3 is 4.43 Å². The van der Waals surface area contributed by atoms with Gasteiger partial charge in [-0.2, -0.15) is 0 Å². The molecule has 4 aromatic rings. The molecule has 0 aliphatic heterocycles. The first-order chi connectivity index (χ1) is 14.6. The third-order valence-electron chi connectivity index (χ3n) is 5.78. The molecule has 4 aromatic carbocycles.